The lowest BCUT2D eigenvalue weighted by atomic mass is 10.1. The van der Waals surface area contributed by atoms with Crippen LogP contribution < -0.4 is 55.9 Å². The van der Waals surface area contributed by atoms with Gasteiger partial charge in [-0.3, -0.25) is 86.1 Å². The Bertz CT molecular complexity index is 5530. The van der Waals surface area contributed by atoms with Gasteiger partial charge in [0, 0.05) is 66.9 Å². The molecule has 5 saturated heterocycles. The minimum Gasteiger partial charge on any atom is -0.469 e. The first-order chi connectivity index (χ1) is 60.2. The molecule has 5 aliphatic rings. The van der Waals surface area contributed by atoms with E-state index >= 15 is 0 Å². The van der Waals surface area contributed by atoms with Gasteiger partial charge in [0.15, 0.2) is 42.0 Å². The van der Waals surface area contributed by atoms with Gasteiger partial charge in [-0.25, -0.2) is 24.0 Å². The van der Waals surface area contributed by atoms with E-state index in [0.29, 0.717) is 43.8 Å². The maximum atomic E-state index is 12.3. The van der Waals surface area contributed by atoms with Crippen LogP contribution in [0.2, 0.25) is 0 Å². The van der Waals surface area contributed by atoms with Crippen LogP contribution in [0, 0.1) is 4.77 Å². The smallest absolute Gasteiger partial charge is 0.339 e. The molecule has 5 aromatic heterocycles. The van der Waals surface area contributed by atoms with Crippen molar-refractivity contribution in [2.45, 2.75) is 187 Å². The molecule has 5 aliphatic heterocycles. The molecule has 16 N–H and O–H groups in total. The Morgan fingerprint density at radius 1 is 0.385 bits per heavy atom. The van der Waals surface area contributed by atoms with Gasteiger partial charge in [0.25, 0.3) is 27.8 Å². The Morgan fingerprint density at radius 2 is 0.638 bits per heavy atom. The zero-order valence-electron chi connectivity index (χ0n) is 75.7. The number of ether oxygens (including phenoxy) is 10. The van der Waals surface area contributed by atoms with E-state index in [9.17, 15) is 113 Å². The van der Waals surface area contributed by atoms with Gasteiger partial charge in [0.05, 0.1) is 83.8 Å². The van der Waals surface area contributed by atoms with Gasteiger partial charge in [-0.15, -0.1) is 65.9 Å². The molecule has 130 heavy (non-hydrogen) atoms. The van der Waals surface area contributed by atoms with Crippen molar-refractivity contribution < 1.29 is 118 Å². The average Bonchev–Trinajstić information content (AvgIpc) is 1.63. The fraction of sp³-hybridized carbons (Fsp3) is 0.637. The summed E-state index contributed by atoms with van der Waals surface area (Å²) in [6.45, 7) is 14.3. The van der Waals surface area contributed by atoms with E-state index in [1.54, 1.807) is 7.05 Å². The molecular formula is C80H128N11O33P5S. The topological polar surface area (TPSA) is 632 Å². The highest BCUT2D eigenvalue weighted by molar-refractivity contribution is 7.73. The lowest BCUT2D eigenvalue weighted by molar-refractivity contribution is -0.151. The molecule has 21 atom stereocenters. The summed E-state index contributed by atoms with van der Waals surface area (Å²) in [7, 11) is 7.75. The van der Waals surface area contributed by atoms with Crippen LogP contribution in [0.15, 0.2) is 74.1 Å². The van der Waals surface area contributed by atoms with Gasteiger partial charge >= 0.3 is 46.6 Å². The summed E-state index contributed by atoms with van der Waals surface area (Å²) in [5, 5.41) is 106. The Labute approximate surface area is 753 Å². The zero-order chi connectivity index (χ0) is 98.2. The molecule has 44 nitrogen and oxygen atoms in total. The highest BCUT2D eigenvalue weighted by Crippen LogP contribution is 2.45. The van der Waals surface area contributed by atoms with Crippen molar-refractivity contribution >= 4 is 102 Å². The molecule has 5 fully saturated rings. The highest BCUT2D eigenvalue weighted by atomic mass is 32.1. The number of aromatic amines is 5. The SMILES string of the molecule is C=P(C)(C)CC[C@H]1O[C@@H](n2cc(C(O)C(=O)OC)c(=O)[nH]c2=O)[C@H](O)[C@@H]1O.C=P(C)(C)CC[C@H]1O[C@@H](n2cc(CC(=O)OC)c(=O)[nH]c2=O)[C@H](O)[C@@H]1O.C=P(C)(C)CC[C@H]1O[C@@H](n2cc(CC(=O)OC)c(=O)[nH]c2=O)[C@H](OC)[C@@H]1O.C=P(C)(C)CC[C@H]1O[C@@H](n2cc(CC(=O)OC)c(=O)[nH]c2=S)[C@H](O)[C@@H]1O.C=P(C)(C)CC[C@H]1O[C@@H](n2cc(CNC)c(=O)[nH]c2=O)[C@H](O)[C@@H]1O. The van der Waals surface area contributed by atoms with Crippen molar-refractivity contribution in [2.75, 3.05) is 140 Å². The van der Waals surface area contributed by atoms with Crippen LogP contribution in [0.3, 0.4) is 0 Å². The lowest BCUT2D eigenvalue weighted by Gasteiger charge is -2.20. The summed E-state index contributed by atoms with van der Waals surface area (Å²) in [5.74, 6) is -2.92. The average molecular weight is 1960 g/mol. The number of aliphatic hydroxyl groups excluding tert-OH is 10. The van der Waals surface area contributed by atoms with Crippen LogP contribution in [0.5, 0.6) is 0 Å². The monoisotopic (exact) mass is 1960 g/mol. The van der Waals surface area contributed by atoms with Crippen LogP contribution in [0.4, 0.5) is 0 Å². The Kier molecular flexibility index (Phi) is 40.8. The summed E-state index contributed by atoms with van der Waals surface area (Å²) < 4.78 is 57.7. The lowest BCUT2D eigenvalue weighted by Crippen LogP contribution is -2.40. The number of hydrogen-bond donors (Lipinski definition) is 16. The van der Waals surface area contributed by atoms with Crippen molar-refractivity contribution in [1.29, 1.82) is 0 Å². The first-order valence-corrected chi connectivity index (χ1v) is 56.5. The Hall–Kier alpha value is -7.48. The number of esters is 4. The van der Waals surface area contributed by atoms with Crippen molar-refractivity contribution in [1.82, 2.24) is 53.1 Å². The largest absolute Gasteiger partial charge is 0.469 e. The first kappa shape index (κ1) is 111. The molecule has 0 spiro atoms. The second-order valence-corrected chi connectivity index (χ2v) is 57.4. The standard InChI is InChI=1S/C17H27N2O7P.C16H25N2O8P.C16H25N2O7P.C16H25N2O6PS.C15H26N3O5P/c1-24-12(20)8-10-9-19(17(23)18-15(10)22)16-14(25-2)13(21)11(26-16)6-7-27(3,4)5;1-25-15(23)10(19)8-7-18(16(24)17-13(8)22)14-12(21)11(20)9(26-14)5-6-27(2,3)4;1-24-11(19)7-9-8-18(16(23)17-14(9)22)15-13(21)12(20)10(25-15)5-6-26(2,3)4;1-23-11(19)7-9-8-18(16(26)17-14(9)22)15-13(21)12(20)10(24-15)5-6-25(2,3)4;1-16-7-9-8-18(15(22)17-13(9)21)14-12(20)11(19)10(23-14)5-6-24(2,3)4/h9,11,13-14,16,21H,3,6-8H2,1-2,4-5H3,(H,18,22,23);7,9-12,14,19-21H,2,5-6H2,1,3-4H3,(H,17,22,24);8,10,12-13,15,20-21H,2,5-7H2,1,3-4H3,(H,17,22,23);8,10,12-13,15,20-21H,2,5-7H2,1,3-4H3,(H,17,22,26);8,10-12,14,16,19-20H,2,5-7H2,1,3-4H3,(H,17,21,22)/t11-,13-,14-,16-;9-,10?,11-,12-,14-;2*10-,12-,13-,15-;10-,11-,12-,14-/m11111/s1. The molecule has 0 bridgehead atoms. The van der Waals surface area contributed by atoms with Crippen molar-refractivity contribution in [2.24, 2.45) is 0 Å². The summed E-state index contributed by atoms with van der Waals surface area (Å²) in [5.41, 5.74) is -6.38. The second-order valence-electron chi connectivity index (χ2n) is 35.4. The van der Waals surface area contributed by atoms with Crippen molar-refractivity contribution in [3.63, 3.8) is 0 Å². The van der Waals surface area contributed by atoms with E-state index in [4.69, 9.17) is 40.6 Å². The normalized spacial score (nSPS) is 26.4. The molecule has 1 unspecified atom stereocenters. The number of carbonyl (C=O) groups is 4. The molecule has 5 aromatic rings. The molecule has 50 heteroatoms. The molecule has 10 rings (SSSR count). The number of methoxy groups -OCH3 is 5. The van der Waals surface area contributed by atoms with Gasteiger partial charge in [-0.1, -0.05) is 0 Å². The second kappa shape index (κ2) is 47.6. The summed E-state index contributed by atoms with van der Waals surface area (Å²) in [4.78, 5) is 165. The van der Waals surface area contributed by atoms with E-state index in [2.05, 4.69) is 116 Å². The quantitative estimate of drug-likeness (QED) is 0.00881. The third kappa shape index (κ3) is 31.0. The Balaban J connectivity index is 0.000000250. The minimum absolute atomic E-state index is 0.00462. The summed E-state index contributed by atoms with van der Waals surface area (Å²) in [6.07, 6.45) is 10.4. The third-order valence-corrected chi connectivity index (χ3v) is 29.0. The summed E-state index contributed by atoms with van der Waals surface area (Å²) in [6, 6.07) is 0. The molecule has 0 aromatic carbocycles. The van der Waals surface area contributed by atoms with Crippen molar-refractivity contribution in [3.05, 3.63) is 157 Å². The molecular weight excluding hydrogens is 1830 g/mol. The number of nitrogens with zero attached hydrogens (tertiary/aromatic N) is 5. The first-order valence-electron chi connectivity index (χ1n) is 40.9. The third-order valence-electron chi connectivity index (χ3n) is 21.3. The number of hydrogen-bond acceptors (Lipinski definition) is 35. The Morgan fingerprint density at radius 3 is 0.931 bits per heavy atom. The maximum Gasteiger partial charge on any atom is 0.339 e. The molecule has 10 heterocycles. The molecule has 0 amide bonds. The van der Waals surface area contributed by atoms with Gasteiger partial charge in [-0.05, 0) is 149 Å². The molecule has 0 radical (unpaired) electrons. The van der Waals surface area contributed by atoms with E-state index < -0.39 is 243 Å². The number of aliphatic hydroxyl groups is 10. The highest BCUT2D eigenvalue weighted by Gasteiger charge is 2.50. The van der Waals surface area contributed by atoms with Crippen LogP contribution in [0.25, 0.3) is 0 Å². The van der Waals surface area contributed by atoms with E-state index in [-0.39, 0.29) is 47.3 Å². The van der Waals surface area contributed by atoms with E-state index in [1.807, 2.05) is 31.6 Å². The molecule has 0 saturated carbocycles. The van der Waals surface area contributed by atoms with Gasteiger partial charge in [-0.2, -0.15) is 0 Å². The molecule has 732 valence electrons. The number of rotatable bonds is 31. The molecule has 0 aliphatic carbocycles. The fourth-order valence-electron chi connectivity index (χ4n) is 14.0. The zero-order valence-corrected chi connectivity index (χ0v) is 81.0. The van der Waals surface area contributed by atoms with Crippen LogP contribution >= 0.6 is 46.6 Å². The van der Waals surface area contributed by atoms with Gasteiger partial charge in [0.2, 0.25) is 0 Å². The predicted molar refractivity (Wildman–Crippen MR) is 499 cm³/mol. The van der Waals surface area contributed by atoms with Crippen LogP contribution in [-0.4, -0.2) is 386 Å². The van der Waals surface area contributed by atoms with E-state index in [0.717, 1.165) is 62.4 Å². The van der Waals surface area contributed by atoms with E-state index in [1.165, 1.54) is 51.6 Å². The number of nitrogens with one attached hydrogen (secondary N) is 6. The fourth-order valence-corrected chi connectivity index (χ4v) is 19.0. The van der Waals surface area contributed by atoms with Crippen LogP contribution in [-0.2, 0) is 92.4 Å². The predicted octanol–water partition coefficient (Wildman–Crippen LogP) is -3.63. The van der Waals surface area contributed by atoms with Crippen LogP contribution in [0.1, 0.15) is 97.2 Å². The van der Waals surface area contributed by atoms with Crippen molar-refractivity contribution in [3.8, 4) is 0 Å². The maximum absolute atomic E-state index is 12.3. The minimum atomic E-state index is -1.92. The summed E-state index contributed by atoms with van der Waals surface area (Å²) >= 11 is 5.15. The van der Waals surface area contributed by atoms with Gasteiger partial charge in [0.1, 0.15) is 61.0 Å². The van der Waals surface area contributed by atoms with Gasteiger partial charge < -0.3 is 104 Å². The number of carbonyl (C=O) groups excluding carboxylic acids is 4. The number of aromatic nitrogens is 10. The number of H-pyrrole nitrogens is 5.